The number of ether oxygens (including phenoxy) is 1. The molecule has 1 amide bonds. The number of carbonyl (C=O) groups is 1. The third-order valence-electron chi connectivity index (χ3n) is 6.52. The van der Waals surface area contributed by atoms with Gasteiger partial charge in [-0.2, -0.15) is 0 Å². The first kappa shape index (κ1) is 15.9. The van der Waals surface area contributed by atoms with Crippen molar-refractivity contribution in [3.8, 4) is 5.75 Å². The summed E-state index contributed by atoms with van der Waals surface area (Å²) in [6.45, 7) is 3.63. The van der Waals surface area contributed by atoms with Crippen LogP contribution >= 0.6 is 0 Å². The average Bonchev–Trinajstić information content (AvgIpc) is 3.28. The van der Waals surface area contributed by atoms with Crippen LogP contribution in [0.1, 0.15) is 43.6 Å². The summed E-state index contributed by atoms with van der Waals surface area (Å²) in [5, 5.41) is 3.50. The van der Waals surface area contributed by atoms with Gasteiger partial charge >= 0.3 is 0 Å². The monoisotopic (exact) mass is 328 g/mol. The number of hydrogen-bond donors (Lipinski definition) is 1. The lowest BCUT2D eigenvalue weighted by molar-refractivity contribution is -0.144. The number of para-hydroxylation sites is 1. The minimum atomic E-state index is -0.117. The maximum atomic E-state index is 13.4. The molecule has 0 radical (unpaired) electrons. The highest BCUT2D eigenvalue weighted by Gasteiger charge is 2.52. The number of nitrogens with zero attached hydrogens (tertiary/aromatic N) is 1. The Morgan fingerprint density at radius 3 is 3.04 bits per heavy atom. The number of amides is 1. The van der Waals surface area contributed by atoms with Gasteiger partial charge in [0.15, 0.2) is 0 Å². The summed E-state index contributed by atoms with van der Waals surface area (Å²) in [5.41, 5.74) is 1.13. The SMILES string of the molecule is COc1ccccc1C1CCN(C(=O)[C@@]23CCCC[C@H]2CNC3)C1. The summed E-state index contributed by atoms with van der Waals surface area (Å²) in [5.74, 6) is 2.31. The van der Waals surface area contributed by atoms with E-state index in [-0.39, 0.29) is 5.41 Å². The minimum absolute atomic E-state index is 0.117. The van der Waals surface area contributed by atoms with Crippen LogP contribution < -0.4 is 10.1 Å². The largest absolute Gasteiger partial charge is 0.496 e. The molecule has 0 aromatic heterocycles. The topological polar surface area (TPSA) is 41.6 Å². The van der Waals surface area contributed by atoms with Crippen LogP contribution in [0.3, 0.4) is 0 Å². The van der Waals surface area contributed by atoms with E-state index in [0.29, 0.717) is 17.7 Å². The van der Waals surface area contributed by atoms with E-state index in [1.165, 1.54) is 24.8 Å². The first-order valence-electron chi connectivity index (χ1n) is 9.37. The van der Waals surface area contributed by atoms with Crippen molar-refractivity contribution in [2.75, 3.05) is 33.3 Å². The van der Waals surface area contributed by atoms with Crippen molar-refractivity contribution in [2.24, 2.45) is 11.3 Å². The first-order valence-corrected chi connectivity index (χ1v) is 9.37. The van der Waals surface area contributed by atoms with Gasteiger partial charge in [-0.15, -0.1) is 0 Å². The number of fused-ring (bicyclic) bond motifs is 1. The molecule has 1 N–H and O–H groups in total. The predicted molar refractivity (Wildman–Crippen MR) is 94.2 cm³/mol. The molecule has 0 bridgehead atoms. The van der Waals surface area contributed by atoms with Crippen LogP contribution in [0.15, 0.2) is 24.3 Å². The van der Waals surface area contributed by atoms with E-state index in [2.05, 4.69) is 22.3 Å². The molecule has 3 fully saturated rings. The van der Waals surface area contributed by atoms with E-state index in [0.717, 1.165) is 44.8 Å². The fourth-order valence-electron chi connectivity index (χ4n) is 5.19. The molecule has 1 aromatic rings. The summed E-state index contributed by atoms with van der Waals surface area (Å²) >= 11 is 0. The highest BCUT2D eigenvalue weighted by molar-refractivity contribution is 5.84. The van der Waals surface area contributed by atoms with Crippen LogP contribution in [-0.4, -0.2) is 44.1 Å². The molecule has 3 aliphatic rings. The van der Waals surface area contributed by atoms with Crippen molar-refractivity contribution in [2.45, 2.75) is 38.0 Å². The Balaban J connectivity index is 1.51. The molecule has 1 saturated carbocycles. The molecular formula is C20H28N2O2. The number of carbonyl (C=O) groups excluding carboxylic acids is 1. The average molecular weight is 328 g/mol. The molecule has 0 spiro atoms. The first-order chi connectivity index (χ1) is 11.7. The fourth-order valence-corrected chi connectivity index (χ4v) is 5.19. The lowest BCUT2D eigenvalue weighted by Crippen LogP contribution is -2.49. The maximum absolute atomic E-state index is 13.4. The molecule has 1 unspecified atom stereocenters. The summed E-state index contributed by atoms with van der Waals surface area (Å²) in [6, 6.07) is 8.25. The van der Waals surface area contributed by atoms with E-state index in [1.807, 2.05) is 12.1 Å². The standard InChI is InChI=1S/C20H28N2O2/c1-24-18-8-3-2-7-17(18)15-9-11-22(13-15)19(23)20-10-5-4-6-16(20)12-21-14-20/h2-3,7-8,15-16,21H,4-6,9-14H2,1H3/t15?,16-,20+/m0/s1. The Bertz CT molecular complexity index is 617. The third-order valence-corrected chi connectivity index (χ3v) is 6.52. The molecule has 2 saturated heterocycles. The number of likely N-dealkylation sites (tertiary alicyclic amines) is 1. The zero-order valence-corrected chi connectivity index (χ0v) is 14.6. The van der Waals surface area contributed by atoms with E-state index in [1.54, 1.807) is 7.11 Å². The number of nitrogens with one attached hydrogen (secondary N) is 1. The van der Waals surface area contributed by atoms with Crippen molar-refractivity contribution in [3.05, 3.63) is 29.8 Å². The maximum Gasteiger partial charge on any atom is 0.230 e. The van der Waals surface area contributed by atoms with Crippen molar-refractivity contribution < 1.29 is 9.53 Å². The zero-order valence-electron chi connectivity index (χ0n) is 14.6. The second kappa shape index (κ2) is 6.40. The molecule has 4 heteroatoms. The van der Waals surface area contributed by atoms with Crippen molar-refractivity contribution in [3.63, 3.8) is 0 Å². The quantitative estimate of drug-likeness (QED) is 0.928. The number of methoxy groups -OCH3 is 1. The van der Waals surface area contributed by atoms with Crippen LogP contribution in [0.25, 0.3) is 0 Å². The van der Waals surface area contributed by atoms with Gasteiger partial charge in [0, 0.05) is 25.6 Å². The highest BCUT2D eigenvalue weighted by Crippen LogP contribution is 2.46. The molecule has 3 atom stereocenters. The summed E-state index contributed by atoms with van der Waals surface area (Å²) in [6.07, 6.45) is 5.81. The van der Waals surface area contributed by atoms with E-state index in [4.69, 9.17) is 4.74 Å². The third kappa shape index (κ3) is 2.52. The molecule has 2 aliphatic heterocycles. The van der Waals surface area contributed by atoms with Gasteiger partial charge in [0.1, 0.15) is 5.75 Å². The predicted octanol–water partition coefficient (Wildman–Crippen LogP) is 2.79. The van der Waals surface area contributed by atoms with Crippen LogP contribution in [0.2, 0.25) is 0 Å². The smallest absolute Gasteiger partial charge is 0.230 e. The Labute approximate surface area is 144 Å². The van der Waals surface area contributed by atoms with Gasteiger partial charge in [0.25, 0.3) is 0 Å². The second-order valence-electron chi connectivity index (χ2n) is 7.71. The highest BCUT2D eigenvalue weighted by atomic mass is 16.5. The molecule has 4 rings (SSSR count). The second-order valence-corrected chi connectivity index (χ2v) is 7.71. The van der Waals surface area contributed by atoms with Gasteiger partial charge in [-0.1, -0.05) is 31.0 Å². The summed E-state index contributed by atoms with van der Waals surface area (Å²) in [7, 11) is 1.73. The van der Waals surface area contributed by atoms with Gasteiger partial charge in [-0.25, -0.2) is 0 Å². The number of rotatable bonds is 3. The van der Waals surface area contributed by atoms with Gasteiger partial charge < -0.3 is 15.0 Å². The summed E-state index contributed by atoms with van der Waals surface area (Å²) < 4.78 is 5.52. The lowest BCUT2D eigenvalue weighted by Gasteiger charge is -2.39. The normalized spacial score (nSPS) is 32.6. The number of benzene rings is 1. The molecule has 2 heterocycles. The van der Waals surface area contributed by atoms with Crippen LogP contribution in [0, 0.1) is 11.3 Å². The van der Waals surface area contributed by atoms with Gasteiger partial charge in [-0.3, -0.25) is 4.79 Å². The Morgan fingerprint density at radius 1 is 1.29 bits per heavy atom. The fraction of sp³-hybridized carbons (Fsp3) is 0.650. The molecule has 1 aromatic carbocycles. The van der Waals surface area contributed by atoms with Crippen molar-refractivity contribution in [1.82, 2.24) is 10.2 Å². The van der Waals surface area contributed by atoms with Gasteiger partial charge in [0.2, 0.25) is 5.91 Å². The van der Waals surface area contributed by atoms with Crippen LogP contribution in [0.4, 0.5) is 0 Å². The zero-order chi connectivity index (χ0) is 16.6. The van der Waals surface area contributed by atoms with Crippen LogP contribution in [0.5, 0.6) is 5.75 Å². The Kier molecular flexibility index (Phi) is 4.25. The summed E-state index contributed by atoms with van der Waals surface area (Å²) in [4.78, 5) is 15.5. The number of hydrogen-bond acceptors (Lipinski definition) is 3. The molecule has 4 nitrogen and oxygen atoms in total. The lowest BCUT2D eigenvalue weighted by atomic mass is 9.67. The Hall–Kier alpha value is -1.55. The van der Waals surface area contributed by atoms with Crippen molar-refractivity contribution >= 4 is 5.91 Å². The van der Waals surface area contributed by atoms with Crippen LogP contribution in [-0.2, 0) is 4.79 Å². The molecule has 1 aliphatic carbocycles. The molecule has 130 valence electrons. The van der Waals surface area contributed by atoms with E-state index >= 15 is 0 Å². The van der Waals surface area contributed by atoms with E-state index < -0.39 is 0 Å². The Morgan fingerprint density at radius 2 is 2.17 bits per heavy atom. The van der Waals surface area contributed by atoms with E-state index in [9.17, 15) is 4.79 Å². The molecule has 24 heavy (non-hydrogen) atoms. The minimum Gasteiger partial charge on any atom is -0.496 e. The molecular weight excluding hydrogens is 300 g/mol. The van der Waals surface area contributed by atoms with Gasteiger partial charge in [-0.05, 0) is 43.4 Å². The van der Waals surface area contributed by atoms with Crippen molar-refractivity contribution in [1.29, 1.82) is 0 Å². The van der Waals surface area contributed by atoms with Gasteiger partial charge in [0.05, 0.1) is 12.5 Å².